The van der Waals surface area contributed by atoms with Crippen molar-refractivity contribution in [3.63, 3.8) is 0 Å². The van der Waals surface area contributed by atoms with E-state index in [4.69, 9.17) is 10.3 Å². The minimum Gasteiger partial charge on any atom is -0.399 e. The summed E-state index contributed by atoms with van der Waals surface area (Å²) < 4.78 is 32.0. The molecule has 0 radical (unpaired) electrons. The predicted octanol–water partition coefficient (Wildman–Crippen LogP) is 1.34. The van der Waals surface area contributed by atoms with Crippen LogP contribution in [0.5, 0.6) is 0 Å². The largest absolute Gasteiger partial charge is 0.399 e. The Labute approximate surface area is 159 Å². The van der Waals surface area contributed by atoms with Crippen LogP contribution in [0.2, 0.25) is 0 Å². The van der Waals surface area contributed by atoms with E-state index in [9.17, 15) is 13.2 Å². The van der Waals surface area contributed by atoms with Crippen LogP contribution in [0.25, 0.3) is 0 Å². The topological polar surface area (TPSA) is 110 Å². The quantitative estimate of drug-likeness (QED) is 0.769. The van der Waals surface area contributed by atoms with Crippen molar-refractivity contribution in [1.29, 1.82) is 0 Å². The Bertz CT molecular complexity index is 911. The number of sulfonamides is 1. The highest BCUT2D eigenvalue weighted by Gasteiger charge is 2.34. The van der Waals surface area contributed by atoms with Crippen molar-refractivity contribution < 1.29 is 17.7 Å². The van der Waals surface area contributed by atoms with Gasteiger partial charge in [0.2, 0.25) is 15.9 Å². The number of carbonyl (C=O) groups excluding carboxylic acids is 1. The number of aromatic nitrogens is 1. The van der Waals surface area contributed by atoms with E-state index in [0.717, 1.165) is 5.56 Å². The second-order valence-corrected chi connectivity index (χ2v) is 8.51. The fraction of sp³-hybridized carbons (Fsp3) is 0.444. The van der Waals surface area contributed by atoms with E-state index in [0.29, 0.717) is 37.3 Å². The van der Waals surface area contributed by atoms with Crippen LogP contribution in [0.3, 0.4) is 0 Å². The third-order valence-corrected chi connectivity index (χ3v) is 6.96. The molecule has 3 rings (SSSR count). The monoisotopic (exact) mass is 392 g/mol. The number of aryl methyl sites for hydroxylation is 3. The van der Waals surface area contributed by atoms with Crippen molar-refractivity contribution in [3.05, 3.63) is 41.3 Å². The molecule has 2 heterocycles. The third-order valence-electron chi connectivity index (χ3n) is 4.82. The molecule has 2 N–H and O–H groups in total. The number of para-hydroxylation sites is 1. The fourth-order valence-electron chi connectivity index (χ4n) is 3.31. The van der Waals surface area contributed by atoms with Crippen LogP contribution >= 0.6 is 0 Å². The molecule has 0 bridgehead atoms. The lowest BCUT2D eigenvalue weighted by Crippen LogP contribution is -2.50. The summed E-state index contributed by atoms with van der Waals surface area (Å²) in [6, 6.07) is 7.49. The number of carbonyl (C=O) groups is 1. The normalized spacial score (nSPS) is 15.9. The number of benzene rings is 1. The maximum atomic E-state index is 12.8. The van der Waals surface area contributed by atoms with Crippen molar-refractivity contribution in [3.8, 4) is 0 Å². The average Bonchev–Trinajstić information content (AvgIpc) is 3.00. The summed E-state index contributed by atoms with van der Waals surface area (Å²) in [5, 5.41) is 3.73. The molecule has 1 aromatic heterocycles. The van der Waals surface area contributed by atoms with Gasteiger partial charge in [-0.1, -0.05) is 23.4 Å². The van der Waals surface area contributed by atoms with E-state index in [1.165, 1.54) is 4.31 Å². The van der Waals surface area contributed by atoms with Crippen LogP contribution in [0.15, 0.2) is 33.7 Å². The highest BCUT2D eigenvalue weighted by Crippen LogP contribution is 2.24. The first-order valence-corrected chi connectivity index (χ1v) is 10.3. The van der Waals surface area contributed by atoms with Crippen molar-refractivity contribution in [2.75, 3.05) is 31.9 Å². The summed E-state index contributed by atoms with van der Waals surface area (Å²) in [6.45, 7) is 4.44. The molecule has 27 heavy (non-hydrogen) atoms. The molecule has 1 aliphatic rings. The van der Waals surface area contributed by atoms with E-state index < -0.39 is 10.0 Å². The number of nitrogens with two attached hydrogens (primary N) is 1. The van der Waals surface area contributed by atoms with Gasteiger partial charge in [-0.15, -0.1) is 0 Å². The van der Waals surface area contributed by atoms with Gasteiger partial charge in [0, 0.05) is 38.3 Å². The van der Waals surface area contributed by atoms with E-state index in [1.54, 1.807) is 18.7 Å². The number of piperazine rings is 1. The molecule has 146 valence electrons. The molecular formula is C18H24N4O4S. The van der Waals surface area contributed by atoms with Gasteiger partial charge in [-0.2, -0.15) is 4.31 Å². The minimum atomic E-state index is -3.67. The summed E-state index contributed by atoms with van der Waals surface area (Å²) in [6.07, 6.45) is 0.925. The molecule has 0 saturated carbocycles. The minimum absolute atomic E-state index is 0.00707. The summed E-state index contributed by atoms with van der Waals surface area (Å²) in [4.78, 5) is 14.3. The van der Waals surface area contributed by atoms with Crippen LogP contribution < -0.4 is 5.73 Å². The van der Waals surface area contributed by atoms with Crippen molar-refractivity contribution in [1.82, 2.24) is 14.4 Å². The zero-order valence-electron chi connectivity index (χ0n) is 15.5. The van der Waals surface area contributed by atoms with Crippen LogP contribution in [0.1, 0.15) is 23.4 Å². The lowest BCUT2D eigenvalue weighted by atomic mass is 10.1. The molecule has 0 spiro atoms. The summed E-state index contributed by atoms with van der Waals surface area (Å²) in [7, 11) is -3.67. The number of rotatable bonds is 5. The Balaban J connectivity index is 1.58. The van der Waals surface area contributed by atoms with Crippen LogP contribution in [-0.4, -0.2) is 54.9 Å². The molecule has 1 saturated heterocycles. The van der Waals surface area contributed by atoms with Crippen molar-refractivity contribution >= 4 is 21.6 Å². The smallest absolute Gasteiger partial charge is 0.248 e. The van der Waals surface area contributed by atoms with Gasteiger partial charge in [-0.25, -0.2) is 8.42 Å². The zero-order valence-corrected chi connectivity index (χ0v) is 16.3. The Morgan fingerprint density at radius 1 is 1.19 bits per heavy atom. The molecule has 0 atom stereocenters. The van der Waals surface area contributed by atoms with E-state index in [-0.39, 0.29) is 29.7 Å². The molecule has 2 aromatic rings. The number of amides is 1. The highest BCUT2D eigenvalue weighted by atomic mass is 32.2. The van der Waals surface area contributed by atoms with Gasteiger partial charge >= 0.3 is 0 Å². The number of hydrogen-bond acceptors (Lipinski definition) is 6. The van der Waals surface area contributed by atoms with E-state index in [1.807, 2.05) is 24.3 Å². The van der Waals surface area contributed by atoms with Crippen LogP contribution in [0.4, 0.5) is 5.69 Å². The first-order valence-electron chi connectivity index (χ1n) is 8.85. The van der Waals surface area contributed by atoms with Gasteiger partial charge in [0.25, 0.3) is 0 Å². The van der Waals surface area contributed by atoms with E-state index in [2.05, 4.69) is 5.16 Å². The van der Waals surface area contributed by atoms with Gasteiger partial charge < -0.3 is 15.2 Å². The van der Waals surface area contributed by atoms with Gasteiger partial charge in [-0.05, 0) is 31.9 Å². The SMILES string of the molecule is Cc1noc(C)c1S(=O)(=O)N1CCN(C(=O)CCc2ccccc2N)CC1. The Morgan fingerprint density at radius 2 is 1.85 bits per heavy atom. The Hall–Kier alpha value is -2.39. The standard InChI is InChI=1S/C18H24N4O4S/c1-13-18(14(2)26-20-13)27(24,25)22-11-9-21(10-12-22)17(23)8-7-15-5-3-4-6-16(15)19/h3-6H,7-12,19H2,1-2H3. The predicted molar refractivity (Wildman–Crippen MR) is 100 cm³/mol. The molecule has 0 aliphatic carbocycles. The molecule has 8 nitrogen and oxygen atoms in total. The van der Waals surface area contributed by atoms with Crippen LogP contribution in [0, 0.1) is 13.8 Å². The van der Waals surface area contributed by atoms with Crippen molar-refractivity contribution in [2.45, 2.75) is 31.6 Å². The van der Waals surface area contributed by atoms with Gasteiger partial charge in [-0.3, -0.25) is 4.79 Å². The van der Waals surface area contributed by atoms with Crippen molar-refractivity contribution in [2.24, 2.45) is 0 Å². The Morgan fingerprint density at radius 3 is 2.44 bits per heavy atom. The first-order chi connectivity index (χ1) is 12.8. The lowest BCUT2D eigenvalue weighted by Gasteiger charge is -2.34. The molecular weight excluding hydrogens is 368 g/mol. The highest BCUT2D eigenvalue weighted by molar-refractivity contribution is 7.89. The lowest BCUT2D eigenvalue weighted by molar-refractivity contribution is -0.132. The summed E-state index contributed by atoms with van der Waals surface area (Å²) in [5.41, 5.74) is 7.89. The molecule has 1 fully saturated rings. The van der Waals surface area contributed by atoms with Gasteiger partial charge in [0.1, 0.15) is 10.6 Å². The molecule has 1 amide bonds. The maximum Gasteiger partial charge on any atom is 0.248 e. The molecule has 1 aromatic carbocycles. The van der Waals surface area contributed by atoms with Gasteiger partial charge in [0.15, 0.2) is 5.76 Å². The number of nitrogens with zero attached hydrogens (tertiary/aromatic N) is 3. The second-order valence-electron chi connectivity index (χ2n) is 6.64. The number of nitrogen functional groups attached to an aromatic ring is 1. The second kappa shape index (κ2) is 7.69. The average molecular weight is 392 g/mol. The molecule has 9 heteroatoms. The zero-order chi connectivity index (χ0) is 19.6. The number of anilines is 1. The van der Waals surface area contributed by atoms with Gasteiger partial charge in [0.05, 0.1) is 0 Å². The molecule has 1 aliphatic heterocycles. The summed E-state index contributed by atoms with van der Waals surface area (Å²) in [5.74, 6) is 0.291. The maximum absolute atomic E-state index is 12.8. The Kier molecular flexibility index (Phi) is 5.52. The van der Waals surface area contributed by atoms with E-state index >= 15 is 0 Å². The first kappa shape index (κ1) is 19.4. The third kappa shape index (κ3) is 3.98. The fourth-order valence-corrected chi connectivity index (χ4v) is 5.02. The number of hydrogen-bond donors (Lipinski definition) is 1. The van der Waals surface area contributed by atoms with Crippen LogP contribution in [-0.2, 0) is 21.2 Å². The molecule has 0 unspecified atom stereocenters. The summed E-state index contributed by atoms with van der Waals surface area (Å²) >= 11 is 0.